The van der Waals surface area contributed by atoms with Gasteiger partial charge in [-0.2, -0.15) is 5.10 Å². The quantitative estimate of drug-likeness (QED) is 0.757. The minimum Gasteiger partial charge on any atom is -0.399 e. The largest absolute Gasteiger partial charge is 0.498 e. The van der Waals surface area contributed by atoms with Gasteiger partial charge >= 0.3 is 7.12 Å². The molecule has 1 atom stereocenters. The summed E-state index contributed by atoms with van der Waals surface area (Å²) in [6.45, 7) is 11.5. The van der Waals surface area contributed by atoms with Crippen molar-refractivity contribution >= 4 is 12.6 Å². The molecule has 2 aromatic rings. The van der Waals surface area contributed by atoms with Crippen LogP contribution in [0.25, 0.3) is 0 Å². The van der Waals surface area contributed by atoms with Crippen LogP contribution >= 0.6 is 0 Å². The molecule has 6 heteroatoms. The first-order valence-electron chi connectivity index (χ1n) is 8.80. The van der Waals surface area contributed by atoms with E-state index in [0.29, 0.717) is 13.2 Å². The van der Waals surface area contributed by atoms with Gasteiger partial charge in [0, 0.05) is 17.9 Å². The molecule has 1 aliphatic heterocycles. The van der Waals surface area contributed by atoms with Crippen LogP contribution in [0.15, 0.2) is 42.7 Å². The number of nitrogens with zero attached hydrogens (tertiary/aromatic N) is 2. The van der Waals surface area contributed by atoms with E-state index < -0.39 is 0 Å². The van der Waals surface area contributed by atoms with E-state index in [1.807, 2.05) is 35.3 Å². The second-order valence-electron chi connectivity index (χ2n) is 7.69. The topological polar surface area (TPSA) is 45.5 Å². The Kier molecular flexibility index (Phi) is 5.05. The summed E-state index contributed by atoms with van der Waals surface area (Å²) in [5.41, 5.74) is 1.43. The van der Waals surface area contributed by atoms with Crippen molar-refractivity contribution in [1.82, 2.24) is 9.78 Å². The van der Waals surface area contributed by atoms with Crippen LogP contribution in [0.5, 0.6) is 0 Å². The maximum Gasteiger partial charge on any atom is 0.498 e. The molecular weight excluding hydrogens is 315 g/mol. The Morgan fingerprint density at radius 3 is 2.40 bits per heavy atom. The van der Waals surface area contributed by atoms with Crippen LogP contribution in [-0.2, 0) is 20.7 Å². The van der Waals surface area contributed by atoms with Gasteiger partial charge in [0.1, 0.15) is 0 Å². The molecule has 0 unspecified atom stereocenters. The standard InChI is InChI=1S/C19H27BN2O3/c1-15(13-23-14-16-9-7-6-8-10-16)22-12-17(11-21-22)20-24-18(2,3)19(4,5)25-20/h6-12,15H,13-14H2,1-5H3/t15-/m0/s1. The first kappa shape index (κ1) is 18.2. The third kappa shape index (κ3) is 3.97. The van der Waals surface area contributed by atoms with E-state index >= 15 is 0 Å². The zero-order chi connectivity index (χ0) is 18.1. The average Bonchev–Trinajstić information content (AvgIpc) is 3.12. The predicted molar refractivity (Wildman–Crippen MR) is 98.8 cm³/mol. The van der Waals surface area contributed by atoms with Crippen LogP contribution in [0.4, 0.5) is 0 Å². The molecule has 0 saturated carbocycles. The number of hydrogen-bond donors (Lipinski definition) is 0. The Morgan fingerprint density at radius 2 is 1.76 bits per heavy atom. The van der Waals surface area contributed by atoms with Crippen molar-refractivity contribution in [3.8, 4) is 0 Å². The van der Waals surface area contributed by atoms with Gasteiger partial charge in [0.15, 0.2) is 0 Å². The van der Waals surface area contributed by atoms with E-state index in [0.717, 1.165) is 5.46 Å². The highest BCUT2D eigenvalue weighted by atomic mass is 16.7. The lowest BCUT2D eigenvalue weighted by Crippen LogP contribution is -2.41. The summed E-state index contributed by atoms with van der Waals surface area (Å²) in [6, 6.07) is 10.3. The summed E-state index contributed by atoms with van der Waals surface area (Å²) < 4.78 is 19.9. The van der Waals surface area contributed by atoms with E-state index in [1.54, 1.807) is 0 Å². The molecule has 0 bridgehead atoms. The number of ether oxygens (including phenoxy) is 1. The summed E-state index contributed by atoms with van der Waals surface area (Å²) in [6.07, 6.45) is 3.80. The van der Waals surface area contributed by atoms with Gasteiger partial charge in [-0.1, -0.05) is 30.3 Å². The van der Waals surface area contributed by atoms with Crippen LogP contribution in [0.3, 0.4) is 0 Å². The number of aromatic nitrogens is 2. The molecule has 25 heavy (non-hydrogen) atoms. The average molecular weight is 342 g/mol. The van der Waals surface area contributed by atoms with Gasteiger partial charge in [0.05, 0.1) is 30.5 Å². The van der Waals surface area contributed by atoms with Crippen molar-refractivity contribution in [2.75, 3.05) is 6.61 Å². The van der Waals surface area contributed by atoms with Crippen molar-refractivity contribution in [2.24, 2.45) is 0 Å². The monoisotopic (exact) mass is 342 g/mol. The molecule has 1 aromatic heterocycles. The van der Waals surface area contributed by atoms with Crippen LogP contribution in [0.2, 0.25) is 0 Å². The minimum atomic E-state index is -0.379. The number of benzene rings is 1. The molecule has 1 aliphatic rings. The Hall–Kier alpha value is -1.63. The fourth-order valence-corrected chi connectivity index (χ4v) is 2.69. The van der Waals surface area contributed by atoms with Crippen LogP contribution in [0, 0.1) is 0 Å². The van der Waals surface area contributed by atoms with Crippen molar-refractivity contribution in [1.29, 1.82) is 0 Å². The highest BCUT2D eigenvalue weighted by Gasteiger charge is 2.52. The normalized spacial score (nSPS) is 20.0. The van der Waals surface area contributed by atoms with Gasteiger partial charge in [0.25, 0.3) is 0 Å². The van der Waals surface area contributed by atoms with Crippen molar-refractivity contribution in [3.05, 3.63) is 48.3 Å². The fourth-order valence-electron chi connectivity index (χ4n) is 2.69. The Balaban J connectivity index is 1.56. The van der Waals surface area contributed by atoms with Crippen LogP contribution in [0.1, 0.15) is 46.2 Å². The van der Waals surface area contributed by atoms with Crippen molar-refractivity contribution in [2.45, 2.75) is 58.5 Å². The van der Waals surface area contributed by atoms with Crippen LogP contribution in [-0.4, -0.2) is 34.7 Å². The molecule has 0 N–H and O–H groups in total. The van der Waals surface area contributed by atoms with E-state index in [9.17, 15) is 0 Å². The smallest absolute Gasteiger partial charge is 0.399 e. The van der Waals surface area contributed by atoms with Crippen molar-refractivity contribution < 1.29 is 14.0 Å². The Morgan fingerprint density at radius 1 is 1.12 bits per heavy atom. The summed E-state index contributed by atoms with van der Waals surface area (Å²) in [4.78, 5) is 0. The van der Waals surface area contributed by atoms with Gasteiger partial charge in [-0.3, -0.25) is 4.68 Å². The Labute approximate surface area is 150 Å². The summed E-state index contributed by atoms with van der Waals surface area (Å²) >= 11 is 0. The summed E-state index contributed by atoms with van der Waals surface area (Å²) in [5.74, 6) is 0. The molecular formula is C19H27BN2O3. The van der Waals surface area contributed by atoms with E-state index in [-0.39, 0.29) is 24.4 Å². The zero-order valence-corrected chi connectivity index (χ0v) is 15.7. The molecule has 134 valence electrons. The summed E-state index contributed by atoms with van der Waals surface area (Å²) in [7, 11) is -0.379. The molecule has 0 spiro atoms. The van der Waals surface area contributed by atoms with E-state index in [1.165, 1.54) is 5.56 Å². The molecule has 1 fully saturated rings. The minimum absolute atomic E-state index is 0.139. The first-order valence-corrected chi connectivity index (χ1v) is 8.80. The molecule has 5 nitrogen and oxygen atoms in total. The first-order chi connectivity index (χ1) is 11.8. The number of rotatable bonds is 6. The maximum atomic E-state index is 6.08. The maximum absolute atomic E-state index is 6.08. The van der Waals surface area contributed by atoms with Crippen LogP contribution < -0.4 is 5.46 Å². The molecule has 0 amide bonds. The highest BCUT2D eigenvalue weighted by Crippen LogP contribution is 2.36. The zero-order valence-electron chi connectivity index (χ0n) is 15.7. The molecule has 0 aliphatic carbocycles. The lowest BCUT2D eigenvalue weighted by molar-refractivity contribution is 0.00578. The molecule has 1 aromatic carbocycles. The fraction of sp³-hybridized carbons (Fsp3) is 0.526. The second kappa shape index (κ2) is 6.94. The molecule has 0 radical (unpaired) electrons. The third-order valence-corrected chi connectivity index (χ3v) is 5.07. The van der Waals surface area contributed by atoms with E-state index in [4.69, 9.17) is 14.0 Å². The van der Waals surface area contributed by atoms with Crippen molar-refractivity contribution in [3.63, 3.8) is 0 Å². The van der Waals surface area contributed by atoms with Gasteiger partial charge in [0.2, 0.25) is 0 Å². The second-order valence-corrected chi connectivity index (χ2v) is 7.69. The lowest BCUT2D eigenvalue weighted by atomic mass is 9.82. The van der Waals surface area contributed by atoms with Gasteiger partial charge in [-0.25, -0.2) is 0 Å². The SMILES string of the molecule is C[C@@H](COCc1ccccc1)n1cc(B2OC(C)(C)C(C)(C)O2)cn1. The molecule has 3 rings (SSSR count). The lowest BCUT2D eigenvalue weighted by Gasteiger charge is -2.32. The molecule has 1 saturated heterocycles. The predicted octanol–water partition coefficient (Wildman–Crippen LogP) is 2.96. The van der Waals surface area contributed by atoms with Gasteiger partial charge in [-0.15, -0.1) is 0 Å². The summed E-state index contributed by atoms with van der Waals surface area (Å²) in [5, 5.41) is 4.46. The number of hydrogen-bond acceptors (Lipinski definition) is 4. The van der Waals surface area contributed by atoms with Gasteiger partial charge in [-0.05, 0) is 40.2 Å². The molecule has 2 heterocycles. The van der Waals surface area contributed by atoms with E-state index in [2.05, 4.69) is 51.9 Å². The van der Waals surface area contributed by atoms with Gasteiger partial charge < -0.3 is 14.0 Å². The third-order valence-electron chi connectivity index (χ3n) is 5.07. The Bertz CT molecular complexity index is 684. The highest BCUT2D eigenvalue weighted by molar-refractivity contribution is 6.61.